The number of hydrogen-bond donors (Lipinski definition) is 1. The lowest BCUT2D eigenvalue weighted by Crippen LogP contribution is -2.50. The normalized spacial score (nSPS) is 14.1. The summed E-state index contributed by atoms with van der Waals surface area (Å²) in [7, 11) is 0. The zero-order valence-corrected chi connectivity index (χ0v) is 18.7. The number of aromatic nitrogens is 2. The van der Waals surface area contributed by atoms with Crippen molar-refractivity contribution in [2.45, 2.75) is 37.6 Å². The Bertz CT molecular complexity index is 1100. The van der Waals surface area contributed by atoms with Crippen LogP contribution in [-0.4, -0.2) is 27.7 Å². The van der Waals surface area contributed by atoms with Gasteiger partial charge in [0.1, 0.15) is 5.60 Å². The van der Waals surface area contributed by atoms with E-state index >= 15 is 0 Å². The van der Waals surface area contributed by atoms with E-state index in [1.807, 2.05) is 0 Å². The van der Waals surface area contributed by atoms with Crippen molar-refractivity contribution in [2.24, 2.45) is 5.73 Å². The molecule has 1 unspecified atom stereocenters. The number of rotatable bonds is 6. The lowest BCUT2D eigenvalue weighted by atomic mass is 9.81. The fourth-order valence-corrected chi connectivity index (χ4v) is 3.99. The Morgan fingerprint density at radius 3 is 1.97 bits per heavy atom. The van der Waals surface area contributed by atoms with Crippen LogP contribution in [0.3, 0.4) is 0 Å². The summed E-state index contributed by atoms with van der Waals surface area (Å²) in [5.41, 5.74) is 2.00. The summed E-state index contributed by atoms with van der Waals surface area (Å²) in [6, 6.07) is 11.2. The minimum absolute atomic E-state index is 0.0644. The summed E-state index contributed by atoms with van der Waals surface area (Å²) in [6.45, 7) is 3.32. The van der Waals surface area contributed by atoms with Crippen LogP contribution in [0.4, 0.5) is 18.0 Å². The third kappa shape index (κ3) is 4.71. The van der Waals surface area contributed by atoms with Gasteiger partial charge in [-0.3, -0.25) is 0 Å². The Labute approximate surface area is 192 Å². The summed E-state index contributed by atoms with van der Waals surface area (Å²) in [5.74, 6) is 0. The number of ether oxygens (including phenoxy) is 1. The first kappa shape index (κ1) is 23.9. The summed E-state index contributed by atoms with van der Waals surface area (Å²) in [5, 5.41) is 4.27. The molecule has 1 atom stereocenters. The number of nitrogens with zero attached hydrogens (tertiary/aromatic N) is 2. The van der Waals surface area contributed by atoms with E-state index < -0.39 is 23.4 Å². The van der Waals surface area contributed by atoms with E-state index in [1.54, 1.807) is 26.0 Å². The molecule has 170 valence electrons. The summed E-state index contributed by atoms with van der Waals surface area (Å²) in [4.78, 5) is 11.1. The minimum atomic E-state index is -4.79. The van der Waals surface area contributed by atoms with Crippen LogP contribution in [0.15, 0.2) is 60.9 Å². The molecular weight excluding hydrogens is 466 g/mol. The number of alkyl halides is 3. The maximum atomic E-state index is 14.8. The molecule has 2 aromatic carbocycles. The summed E-state index contributed by atoms with van der Waals surface area (Å²) < 4.78 is 50.4. The Kier molecular flexibility index (Phi) is 6.49. The van der Waals surface area contributed by atoms with Gasteiger partial charge >= 0.3 is 12.3 Å². The monoisotopic (exact) mass is 485 g/mol. The van der Waals surface area contributed by atoms with E-state index in [1.165, 1.54) is 36.4 Å². The molecule has 0 saturated heterocycles. The highest BCUT2D eigenvalue weighted by Crippen LogP contribution is 2.47. The molecule has 3 aromatic rings. The number of benzene rings is 2. The molecule has 1 amide bonds. The third-order valence-corrected chi connectivity index (χ3v) is 5.39. The first-order valence-corrected chi connectivity index (χ1v) is 10.2. The van der Waals surface area contributed by atoms with E-state index in [0.29, 0.717) is 10.6 Å². The average molecular weight is 486 g/mol. The molecule has 0 fully saturated rings. The van der Waals surface area contributed by atoms with Gasteiger partial charge in [0.25, 0.3) is 0 Å². The van der Waals surface area contributed by atoms with Crippen molar-refractivity contribution < 1.29 is 22.7 Å². The molecule has 0 bridgehead atoms. The zero-order valence-electron chi connectivity index (χ0n) is 17.2. The Morgan fingerprint density at radius 2 is 1.53 bits per heavy atom. The van der Waals surface area contributed by atoms with Gasteiger partial charge in [0, 0.05) is 17.6 Å². The van der Waals surface area contributed by atoms with E-state index in [4.69, 9.17) is 33.7 Å². The number of amides is 1. The van der Waals surface area contributed by atoms with Gasteiger partial charge in [-0.2, -0.15) is 18.3 Å². The number of carbonyl (C=O) groups is 1. The molecule has 1 heterocycles. The second-order valence-electron chi connectivity index (χ2n) is 7.87. The molecular formula is C22H20Cl2F3N3O2. The minimum Gasteiger partial charge on any atom is -0.443 e. The van der Waals surface area contributed by atoms with E-state index in [9.17, 15) is 18.0 Å². The van der Waals surface area contributed by atoms with E-state index in [2.05, 4.69) is 5.10 Å². The van der Waals surface area contributed by atoms with Crippen LogP contribution in [0.1, 0.15) is 30.5 Å². The topological polar surface area (TPSA) is 70.1 Å². The molecule has 0 spiro atoms. The fourth-order valence-electron chi connectivity index (χ4n) is 3.73. The predicted molar refractivity (Wildman–Crippen MR) is 116 cm³/mol. The lowest BCUT2D eigenvalue weighted by Gasteiger charge is -2.37. The van der Waals surface area contributed by atoms with Gasteiger partial charge in [0.2, 0.25) is 5.54 Å². The van der Waals surface area contributed by atoms with Gasteiger partial charge in [-0.05, 0) is 42.7 Å². The van der Waals surface area contributed by atoms with Crippen LogP contribution < -0.4 is 5.73 Å². The molecule has 0 aliphatic carbocycles. The highest BCUT2D eigenvalue weighted by atomic mass is 35.5. The standard InChI is InChI=1S/C22H20Cl2F3N3O2/c1-20(2,32-19(28)31)11-14-3-5-15(6-4-14)21(22(25,26)27,30-13-18(24)12-29-30)16-7-9-17(23)10-8-16/h3-10,12-13H,11H2,1-2H3,(H2,28,31). The summed E-state index contributed by atoms with van der Waals surface area (Å²) >= 11 is 11.9. The van der Waals surface area contributed by atoms with Gasteiger partial charge in [0.15, 0.2) is 0 Å². The van der Waals surface area contributed by atoms with Crippen molar-refractivity contribution in [3.05, 3.63) is 87.7 Å². The molecule has 0 radical (unpaired) electrons. The molecule has 0 saturated carbocycles. The van der Waals surface area contributed by atoms with Crippen molar-refractivity contribution in [3.63, 3.8) is 0 Å². The van der Waals surface area contributed by atoms with Gasteiger partial charge in [0.05, 0.1) is 11.2 Å². The molecule has 3 rings (SSSR count). The highest BCUT2D eigenvalue weighted by molar-refractivity contribution is 6.30. The maximum Gasteiger partial charge on any atom is 0.422 e. The van der Waals surface area contributed by atoms with Crippen molar-refractivity contribution >= 4 is 29.3 Å². The highest BCUT2D eigenvalue weighted by Gasteiger charge is 2.59. The van der Waals surface area contributed by atoms with Gasteiger partial charge in [-0.15, -0.1) is 0 Å². The predicted octanol–water partition coefficient (Wildman–Crippen LogP) is 5.96. The van der Waals surface area contributed by atoms with Crippen LogP contribution in [0.5, 0.6) is 0 Å². The molecule has 2 N–H and O–H groups in total. The van der Waals surface area contributed by atoms with Crippen LogP contribution in [0, 0.1) is 0 Å². The van der Waals surface area contributed by atoms with Crippen molar-refractivity contribution in [1.82, 2.24) is 9.78 Å². The zero-order chi connectivity index (χ0) is 23.7. The second-order valence-corrected chi connectivity index (χ2v) is 8.75. The first-order chi connectivity index (χ1) is 14.8. The molecule has 5 nitrogen and oxygen atoms in total. The van der Waals surface area contributed by atoms with Crippen LogP contribution in [-0.2, 0) is 16.7 Å². The average Bonchev–Trinajstić information content (AvgIpc) is 3.09. The van der Waals surface area contributed by atoms with Gasteiger partial charge < -0.3 is 10.5 Å². The van der Waals surface area contributed by atoms with Crippen molar-refractivity contribution in [1.29, 1.82) is 0 Å². The Morgan fingerprint density at radius 1 is 1.00 bits per heavy atom. The largest absolute Gasteiger partial charge is 0.443 e. The van der Waals surface area contributed by atoms with Crippen LogP contribution in [0.2, 0.25) is 10.0 Å². The molecule has 0 aliphatic heterocycles. The molecule has 0 aliphatic rings. The van der Waals surface area contributed by atoms with Crippen molar-refractivity contribution in [2.75, 3.05) is 0 Å². The Balaban J connectivity index is 2.16. The third-order valence-electron chi connectivity index (χ3n) is 4.95. The number of nitrogens with two attached hydrogens (primary N) is 1. The summed E-state index contributed by atoms with van der Waals surface area (Å²) in [6.07, 6.45) is -3.19. The van der Waals surface area contributed by atoms with E-state index in [0.717, 1.165) is 17.1 Å². The lowest BCUT2D eigenvalue weighted by molar-refractivity contribution is -0.189. The van der Waals surface area contributed by atoms with E-state index in [-0.39, 0.29) is 22.6 Å². The quantitative estimate of drug-likeness (QED) is 0.468. The Hall–Kier alpha value is -2.71. The van der Waals surface area contributed by atoms with Crippen molar-refractivity contribution in [3.8, 4) is 0 Å². The number of carbonyl (C=O) groups excluding carboxylic acids is 1. The number of halogens is 5. The second kappa shape index (κ2) is 8.67. The van der Waals surface area contributed by atoms with Crippen LogP contribution in [0.25, 0.3) is 0 Å². The van der Waals surface area contributed by atoms with Crippen LogP contribution >= 0.6 is 23.2 Å². The molecule has 1 aromatic heterocycles. The maximum absolute atomic E-state index is 14.8. The number of hydrogen-bond acceptors (Lipinski definition) is 3. The fraction of sp³-hybridized carbons (Fsp3) is 0.273. The molecule has 32 heavy (non-hydrogen) atoms. The smallest absolute Gasteiger partial charge is 0.422 e. The number of primary amides is 1. The first-order valence-electron chi connectivity index (χ1n) is 9.46. The SMILES string of the molecule is CC(C)(Cc1ccc(C(c2ccc(Cl)cc2)(n2cc(Cl)cn2)C(F)(F)F)cc1)OC(N)=O. The van der Waals surface area contributed by atoms with Gasteiger partial charge in [-0.25, -0.2) is 9.48 Å². The molecule has 10 heteroatoms. The van der Waals surface area contributed by atoms with Gasteiger partial charge in [-0.1, -0.05) is 59.6 Å².